The normalized spacial score (nSPS) is 11.9. The van der Waals surface area contributed by atoms with Crippen LogP contribution in [0.15, 0.2) is 66.7 Å². The zero-order valence-corrected chi connectivity index (χ0v) is 22.2. The van der Waals surface area contributed by atoms with Crippen LogP contribution in [0, 0.1) is 0 Å². The van der Waals surface area contributed by atoms with Crippen molar-refractivity contribution in [3.8, 4) is 27.7 Å². The number of benzene rings is 3. The second kappa shape index (κ2) is 10.5. The first-order valence-corrected chi connectivity index (χ1v) is 15.2. The third-order valence-corrected chi connectivity index (χ3v) is 7.17. The van der Waals surface area contributed by atoms with E-state index < -0.39 is 20.2 Å². The molecule has 1 aromatic heterocycles. The highest BCUT2D eigenvalue weighted by Crippen LogP contribution is 2.42. The lowest BCUT2D eigenvalue weighted by Gasteiger charge is -2.08. The summed E-state index contributed by atoms with van der Waals surface area (Å²) in [5.74, 6) is 0.472. The molecule has 0 fully saturated rings. The molecule has 4 rings (SSSR count). The molecule has 9 nitrogen and oxygen atoms in total. The van der Waals surface area contributed by atoms with Crippen LogP contribution < -0.4 is 13.1 Å². The summed E-state index contributed by atoms with van der Waals surface area (Å²) in [7, 11) is -7.44. The summed E-state index contributed by atoms with van der Waals surface area (Å²) in [5, 5.41) is 9.53. The van der Waals surface area contributed by atoms with Gasteiger partial charge in [-0.25, -0.2) is 0 Å². The third kappa shape index (κ3) is 6.66. The summed E-state index contributed by atoms with van der Waals surface area (Å²) in [4.78, 5) is 14.3. The van der Waals surface area contributed by atoms with Crippen LogP contribution in [0.5, 0.6) is 17.2 Å². The molecule has 3 aromatic carbocycles. The minimum atomic E-state index is -3.74. The Morgan fingerprint density at radius 2 is 1.38 bits per heavy atom. The maximum Gasteiger partial charge on any atom is 0.306 e. The fourth-order valence-corrected chi connectivity index (χ4v) is 5.73. The summed E-state index contributed by atoms with van der Waals surface area (Å²) in [6, 6.07) is 17.4. The van der Waals surface area contributed by atoms with Crippen LogP contribution in [-0.2, 0) is 20.2 Å². The van der Waals surface area contributed by atoms with Gasteiger partial charge < -0.3 is 18.2 Å². The van der Waals surface area contributed by atoms with Crippen molar-refractivity contribution in [3.05, 3.63) is 77.9 Å². The van der Waals surface area contributed by atoms with E-state index in [0.717, 1.165) is 12.5 Å². The Hall–Kier alpha value is -3.45. The monoisotopic (exact) mass is 562 g/mol. The van der Waals surface area contributed by atoms with Crippen LogP contribution in [0.25, 0.3) is 20.5 Å². The number of carbonyl (C=O) groups excluding carboxylic acids is 1. The first-order valence-electron chi connectivity index (χ1n) is 10.8. The highest BCUT2D eigenvalue weighted by Gasteiger charge is 2.23. The quantitative estimate of drug-likeness (QED) is 0.226. The second-order valence-electron chi connectivity index (χ2n) is 7.99. The molecule has 0 saturated heterocycles. The Morgan fingerprint density at radius 1 is 0.811 bits per heavy atom. The summed E-state index contributed by atoms with van der Waals surface area (Å²) in [6.07, 6.45) is 1.89. The van der Waals surface area contributed by atoms with E-state index in [4.69, 9.17) is 18.2 Å². The fraction of sp³-hybridized carbons (Fsp3) is 0.160. The van der Waals surface area contributed by atoms with E-state index in [1.165, 1.54) is 29.5 Å². The fourth-order valence-electron chi connectivity index (χ4n) is 3.58. The van der Waals surface area contributed by atoms with Crippen LogP contribution in [0.2, 0.25) is 0 Å². The molecule has 1 heterocycles. The largest absolute Gasteiger partial charge is 0.491 e. The van der Waals surface area contributed by atoms with Crippen molar-refractivity contribution in [3.63, 3.8) is 0 Å². The van der Waals surface area contributed by atoms with Crippen molar-refractivity contribution in [2.24, 2.45) is 0 Å². The molecule has 37 heavy (non-hydrogen) atoms. The van der Waals surface area contributed by atoms with E-state index in [1.807, 2.05) is 0 Å². The first-order chi connectivity index (χ1) is 17.4. The van der Waals surface area contributed by atoms with Crippen molar-refractivity contribution in [2.75, 3.05) is 25.7 Å². The molecular weight excluding hydrogens is 540 g/mol. The zero-order chi connectivity index (χ0) is 26.8. The molecule has 0 radical (unpaired) electrons. The van der Waals surface area contributed by atoms with Gasteiger partial charge in [-0.3, -0.25) is 4.79 Å². The number of rotatable bonds is 10. The van der Waals surface area contributed by atoms with Crippen LogP contribution in [0.1, 0.15) is 15.9 Å². The van der Waals surface area contributed by atoms with Gasteiger partial charge in [0.2, 0.25) is 0 Å². The Bertz CT molecular complexity index is 1650. The standard InChI is InChI=1S/C25H22O9S3/c1-36(28,29)33-19-9-5-17(6-10-19)25-23(24(27)16-3-7-18(8-4-16)32-14-13-26)21-12-11-20(15-22(21)35-25)34-37(2,30)31/h3-12,15,26H,13-14H2,1-2H3. The van der Waals surface area contributed by atoms with Crippen molar-refractivity contribution in [1.82, 2.24) is 0 Å². The molecule has 0 atom stereocenters. The third-order valence-electron chi connectivity index (χ3n) is 4.98. The van der Waals surface area contributed by atoms with E-state index in [0.29, 0.717) is 37.4 Å². The number of thiophene rings is 1. The van der Waals surface area contributed by atoms with Gasteiger partial charge in [-0.05, 0) is 72.3 Å². The number of aliphatic hydroxyl groups is 1. The lowest BCUT2D eigenvalue weighted by molar-refractivity contribution is 0.104. The number of carbonyl (C=O) groups is 1. The average Bonchev–Trinajstić information content (AvgIpc) is 3.19. The lowest BCUT2D eigenvalue weighted by atomic mass is 9.97. The van der Waals surface area contributed by atoms with Gasteiger partial charge in [-0.2, -0.15) is 16.8 Å². The van der Waals surface area contributed by atoms with Gasteiger partial charge in [0.05, 0.1) is 19.1 Å². The topological polar surface area (TPSA) is 133 Å². The number of ketones is 1. The Balaban J connectivity index is 1.81. The summed E-state index contributed by atoms with van der Waals surface area (Å²) in [6.45, 7) is -0.00643. The van der Waals surface area contributed by atoms with Gasteiger partial charge in [0.25, 0.3) is 0 Å². The molecule has 0 aliphatic rings. The van der Waals surface area contributed by atoms with E-state index in [1.54, 1.807) is 48.5 Å². The summed E-state index contributed by atoms with van der Waals surface area (Å²) >= 11 is 1.27. The molecule has 194 valence electrons. The van der Waals surface area contributed by atoms with Gasteiger partial charge in [-0.1, -0.05) is 0 Å². The molecule has 0 spiro atoms. The average molecular weight is 563 g/mol. The smallest absolute Gasteiger partial charge is 0.306 e. The van der Waals surface area contributed by atoms with Crippen LogP contribution in [0.4, 0.5) is 0 Å². The minimum absolute atomic E-state index is 0.115. The lowest BCUT2D eigenvalue weighted by Crippen LogP contribution is -2.06. The molecular formula is C25H22O9S3. The highest BCUT2D eigenvalue weighted by molar-refractivity contribution is 7.86. The van der Waals surface area contributed by atoms with E-state index in [9.17, 15) is 21.6 Å². The molecule has 0 aliphatic carbocycles. The molecule has 0 unspecified atom stereocenters. The summed E-state index contributed by atoms with van der Waals surface area (Å²) in [5.41, 5.74) is 1.43. The number of hydrogen-bond acceptors (Lipinski definition) is 10. The predicted octanol–water partition coefficient (Wildman–Crippen LogP) is 3.85. The maximum absolute atomic E-state index is 13.7. The maximum atomic E-state index is 13.7. The first kappa shape index (κ1) is 26.6. The van der Waals surface area contributed by atoms with Gasteiger partial charge in [0.1, 0.15) is 23.9 Å². The van der Waals surface area contributed by atoms with Crippen molar-refractivity contribution in [2.45, 2.75) is 0 Å². The number of aliphatic hydroxyl groups excluding tert-OH is 1. The molecule has 0 saturated carbocycles. The van der Waals surface area contributed by atoms with Crippen molar-refractivity contribution in [1.29, 1.82) is 0 Å². The van der Waals surface area contributed by atoms with E-state index in [-0.39, 0.29) is 30.5 Å². The number of hydrogen-bond donors (Lipinski definition) is 1. The molecule has 4 aromatic rings. The van der Waals surface area contributed by atoms with Crippen molar-refractivity contribution < 1.29 is 39.8 Å². The molecule has 0 bridgehead atoms. The Labute approximate surface area is 218 Å². The highest BCUT2D eigenvalue weighted by atomic mass is 32.2. The van der Waals surface area contributed by atoms with Gasteiger partial charge >= 0.3 is 20.2 Å². The zero-order valence-electron chi connectivity index (χ0n) is 19.7. The van der Waals surface area contributed by atoms with Gasteiger partial charge in [0.15, 0.2) is 5.78 Å². The predicted molar refractivity (Wildman–Crippen MR) is 141 cm³/mol. The number of ether oxygens (including phenoxy) is 1. The van der Waals surface area contributed by atoms with Crippen LogP contribution in [0.3, 0.4) is 0 Å². The SMILES string of the molecule is CS(=O)(=O)Oc1ccc(-c2sc3cc(OS(C)(=O)=O)ccc3c2C(=O)c2ccc(OCCO)cc2)cc1. The molecule has 0 amide bonds. The second-order valence-corrected chi connectivity index (χ2v) is 12.2. The Morgan fingerprint density at radius 3 is 1.97 bits per heavy atom. The van der Waals surface area contributed by atoms with Gasteiger partial charge in [-0.15, -0.1) is 11.3 Å². The van der Waals surface area contributed by atoms with Gasteiger partial charge in [0, 0.05) is 26.1 Å². The van der Waals surface area contributed by atoms with E-state index >= 15 is 0 Å². The Kier molecular flexibility index (Phi) is 7.55. The van der Waals surface area contributed by atoms with Crippen molar-refractivity contribution >= 4 is 47.4 Å². The minimum Gasteiger partial charge on any atom is -0.491 e. The number of fused-ring (bicyclic) bond motifs is 1. The van der Waals surface area contributed by atoms with E-state index in [2.05, 4.69) is 0 Å². The molecule has 1 N–H and O–H groups in total. The van der Waals surface area contributed by atoms with Crippen LogP contribution >= 0.6 is 11.3 Å². The molecule has 0 aliphatic heterocycles. The molecule has 12 heteroatoms. The summed E-state index contributed by atoms with van der Waals surface area (Å²) < 4.78 is 62.0. The van der Waals surface area contributed by atoms with Crippen LogP contribution in [-0.4, -0.2) is 53.5 Å².